The normalized spacial score (nSPS) is 15.7. The Hall–Kier alpha value is -0.370. The van der Waals surface area contributed by atoms with Crippen LogP contribution in [0.5, 0.6) is 0 Å². The summed E-state index contributed by atoms with van der Waals surface area (Å²) in [5.74, 6) is 0.452. The Morgan fingerprint density at radius 3 is 2.42 bits per heavy atom. The van der Waals surface area contributed by atoms with Crippen molar-refractivity contribution in [1.29, 1.82) is 0 Å². The van der Waals surface area contributed by atoms with E-state index in [0.29, 0.717) is 5.92 Å². The maximum Gasteiger partial charge on any atom is 0.146 e. The summed E-state index contributed by atoms with van der Waals surface area (Å²) in [4.78, 5) is 10.9. The van der Waals surface area contributed by atoms with Crippen molar-refractivity contribution >= 4 is 5.78 Å². The van der Waals surface area contributed by atoms with Gasteiger partial charge in [0.1, 0.15) is 5.78 Å². The molecule has 0 bridgehead atoms. The Morgan fingerprint density at radius 2 is 2.00 bits per heavy atom. The van der Waals surface area contributed by atoms with E-state index in [-0.39, 0.29) is 11.8 Å². The number of hydrogen-bond donors (Lipinski definition) is 1. The SMILES string of the molecule is CCCCCC(C)C(N)C(C)=O. The molecule has 0 amide bonds. The summed E-state index contributed by atoms with van der Waals surface area (Å²) < 4.78 is 0. The van der Waals surface area contributed by atoms with Gasteiger partial charge in [-0.15, -0.1) is 0 Å². The Morgan fingerprint density at radius 1 is 1.42 bits per heavy atom. The minimum atomic E-state index is -0.248. The second-order valence-electron chi connectivity index (χ2n) is 3.61. The fourth-order valence-electron chi connectivity index (χ4n) is 1.30. The van der Waals surface area contributed by atoms with Gasteiger partial charge in [-0.25, -0.2) is 0 Å². The fourth-order valence-corrected chi connectivity index (χ4v) is 1.30. The fraction of sp³-hybridized carbons (Fsp3) is 0.900. The summed E-state index contributed by atoms with van der Waals surface area (Å²) in [5, 5.41) is 0. The number of Topliss-reactive ketones (excluding diaryl/α,β-unsaturated/α-hetero) is 1. The highest BCUT2D eigenvalue weighted by atomic mass is 16.1. The van der Waals surface area contributed by atoms with Crippen LogP contribution in [0.25, 0.3) is 0 Å². The number of ketones is 1. The maximum atomic E-state index is 10.9. The number of hydrogen-bond acceptors (Lipinski definition) is 2. The largest absolute Gasteiger partial charge is 0.321 e. The highest BCUT2D eigenvalue weighted by molar-refractivity contribution is 5.81. The summed E-state index contributed by atoms with van der Waals surface area (Å²) in [6, 6.07) is -0.248. The minimum absolute atomic E-state index is 0.110. The van der Waals surface area contributed by atoms with Gasteiger partial charge in [-0.05, 0) is 19.3 Å². The van der Waals surface area contributed by atoms with E-state index in [1.165, 1.54) is 19.3 Å². The van der Waals surface area contributed by atoms with Crippen molar-refractivity contribution in [2.45, 2.75) is 52.5 Å². The predicted molar refractivity (Wildman–Crippen MR) is 52.0 cm³/mol. The third kappa shape index (κ3) is 4.50. The quantitative estimate of drug-likeness (QED) is 0.622. The highest BCUT2D eigenvalue weighted by Crippen LogP contribution is 2.12. The van der Waals surface area contributed by atoms with Crippen LogP contribution in [0, 0.1) is 5.92 Å². The molecule has 2 nitrogen and oxygen atoms in total. The summed E-state index contributed by atoms with van der Waals surface area (Å²) in [5.41, 5.74) is 5.69. The average Bonchev–Trinajstić information content (AvgIpc) is 2.03. The Kier molecular flexibility index (Phi) is 5.99. The smallest absolute Gasteiger partial charge is 0.146 e. The molecule has 0 radical (unpaired) electrons. The first-order valence-corrected chi connectivity index (χ1v) is 4.85. The molecule has 0 saturated carbocycles. The molecule has 0 saturated heterocycles. The lowest BCUT2D eigenvalue weighted by Gasteiger charge is -2.16. The zero-order valence-electron chi connectivity index (χ0n) is 8.47. The molecule has 0 aromatic rings. The van der Waals surface area contributed by atoms with Gasteiger partial charge in [0.05, 0.1) is 6.04 Å². The zero-order valence-corrected chi connectivity index (χ0v) is 8.47. The summed E-state index contributed by atoms with van der Waals surface area (Å²) in [6.45, 7) is 5.80. The zero-order chi connectivity index (χ0) is 9.56. The number of unbranched alkanes of at least 4 members (excludes halogenated alkanes) is 2. The lowest BCUT2D eigenvalue weighted by molar-refractivity contribution is -0.119. The molecule has 12 heavy (non-hydrogen) atoms. The van der Waals surface area contributed by atoms with Crippen molar-refractivity contribution in [2.75, 3.05) is 0 Å². The highest BCUT2D eigenvalue weighted by Gasteiger charge is 2.15. The van der Waals surface area contributed by atoms with Gasteiger partial charge in [0, 0.05) is 0 Å². The van der Waals surface area contributed by atoms with Gasteiger partial charge < -0.3 is 5.73 Å². The lowest BCUT2D eigenvalue weighted by atomic mass is 9.94. The minimum Gasteiger partial charge on any atom is -0.321 e. The van der Waals surface area contributed by atoms with Gasteiger partial charge in [-0.3, -0.25) is 4.79 Å². The van der Waals surface area contributed by atoms with Crippen molar-refractivity contribution in [1.82, 2.24) is 0 Å². The van der Waals surface area contributed by atoms with Crippen LogP contribution in [0.15, 0.2) is 0 Å². The first-order valence-electron chi connectivity index (χ1n) is 4.85. The Bertz CT molecular complexity index is 134. The molecule has 0 aliphatic carbocycles. The standard InChI is InChI=1S/C10H21NO/c1-4-5-6-7-8(2)10(11)9(3)12/h8,10H,4-7,11H2,1-3H3. The lowest BCUT2D eigenvalue weighted by Crippen LogP contribution is -2.35. The van der Waals surface area contributed by atoms with E-state index < -0.39 is 0 Å². The molecule has 0 aliphatic heterocycles. The molecule has 0 fully saturated rings. The van der Waals surface area contributed by atoms with Gasteiger partial charge >= 0.3 is 0 Å². The number of nitrogens with two attached hydrogens (primary N) is 1. The van der Waals surface area contributed by atoms with Gasteiger partial charge in [0.2, 0.25) is 0 Å². The van der Waals surface area contributed by atoms with Crippen LogP contribution in [0.3, 0.4) is 0 Å². The van der Waals surface area contributed by atoms with Crippen LogP contribution in [-0.2, 0) is 4.79 Å². The van der Waals surface area contributed by atoms with Crippen LogP contribution >= 0.6 is 0 Å². The van der Waals surface area contributed by atoms with E-state index >= 15 is 0 Å². The van der Waals surface area contributed by atoms with Crippen molar-refractivity contribution in [3.63, 3.8) is 0 Å². The van der Waals surface area contributed by atoms with Crippen molar-refractivity contribution in [3.8, 4) is 0 Å². The van der Waals surface area contributed by atoms with Crippen LogP contribution in [0.1, 0.15) is 46.5 Å². The molecular formula is C10H21NO. The topological polar surface area (TPSA) is 43.1 Å². The molecule has 0 spiro atoms. The molecule has 0 rings (SSSR count). The molecule has 2 N–H and O–H groups in total. The molecule has 0 aliphatic rings. The molecule has 0 aromatic carbocycles. The van der Waals surface area contributed by atoms with Gasteiger partial charge in [0.25, 0.3) is 0 Å². The van der Waals surface area contributed by atoms with E-state index in [0.717, 1.165) is 6.42 Å². The molecular weight excluding hydrogens is 150 g/mol. The Labute approximate surface area is 75.5 Å². The van der Waals surface area contributed by atoms with Crippen LogP contribution in [-0.4, -0.2) is 11.8 Å². The molecule has 0 aromatic heterocycles. The monoisotopic (exact) mass is 171 g/mol. The molecule has 2 heteroatoms. The first kappa shape index (κ1) is 11.6. The molecule has 2 atom stereocenters. The summed E-state index contributed by atoms with van der Waals surface area (Å²) >= 11 is 0. The van der Waals surface area contributed by atoms with Crippen LogP contribution in [0.2, 0.25) is 0 Å². The first-order chi connectivity index (χ1) is 5.59. The average molecular weight is 171 g/mol. The molecule has 2 unspecified atom stereocenters. The Balaban J connectivity index is 3.56. The van der Waals surface area contributed by atoms with E-state index in [1.807, 2.05) is 0 Å². The van der Waals surface area contributed by atoms with Gasteiger partial charge in [-0.1, -0.05) is 33.1 Å². The van der Waals surface area contributed by atoms with E-state index in [9.17, 15) is 4.79 Å². The molecule has 0 heterocycles. The van der Waals surface area contributed by atoms with Crippen LogP contribution < -0.4 is 5.73 Å². The number of carbonyl (C=O) groups excluding carboxylic acids is 1. The van der Waals surface area contributed by atoms with Gasteiger partial charge in [-0.2, -0.15) is 0 Å². The van der Waals surface area contributed by atoms with E-state index in [1.54, 1.807) is 6.92 Å². The number of carbonyl (C=O) groups is 1. The second kappa shape index (κ2) is 6.18. The summed E-state index contributed by atoms with van der Waals surface area (Å²) in [7, 11) is 0. The van der Waals surface area contributed by atoms with Gasteiger partial charge in [0.15, 0.2) is 0 Å². The van der Waals surface area contributed by atoms with Crippen molar-refractivity contribution in [2.24, 2.45) is 11.7 Å². The number of rotatable bonds is 6. The second-order valence-corrected chi connectivity index (χ2v) is 3.61. The molecule has 72 valence electrons. The van der Waals surface area contributed by atoms with E-state index in [4.69, 9.17) is 5.73 Å². The maximum absolute atomic E-state index is 10.9. The van der Waals surface area contributed by atoms with Crippen LogP contribution in [0.4, 0.5) is 0 Å². The predicted octanol–water partition coefficient (Wildman–Crippen LogP) is 2.12. The van der Waals surface area contributed by atoms with Crippen molar-refractivity contribution in [3.05, 3.63) is 0 Å². The third-order valence-corrected chi connectivity index (χ3v) is 2.35. The summed E-state index contributed by atoms with van der Waals surface area (Å²) in [6.07, 6.45) is 4.74. The third-order valence-electron chi connectivity index (χ3n) is 2.35. The van der Waals surface area contributed by atoms with Crippen molar-refractivity contribution < 1.29 is 4.79 Å². The van der Waals surface area contributed by atoms with E-state index in [2.05, 4.69) is 13.8 Å².